The zero-order valence-corrected chi connectivity index (χ0v) is 15.8. The summed E-state index contributed by atoms with van der Waals surface area (Å²) in [6, 6.07) is 16.2. The maximum absolute atomic E-state index is 12.8. The predicted molar refractivity (Wildman–Crippen MR) is 105 cm³/mol. The molecule has 0 saturated carbocycles. The lowest BCUT2D eigenvalue weighted by Crippen LogP contribution is -2.43. The molecule has 6 heteroatoms. The molecule has 0 bridgehead atoms. The van der Waals surface area contributed by atoms with E-state index in [-0.39, 0.29) is 13.1 Å². The summed E-state index contributed by atoms with van der Waals surface area (Å²) in [5.41, 5.74) is 1.39. The lowest BCUT2D eigenvalue weighted by molar-refractivity contribution is -0.134. The van der Waals surface area contributed by atoms with Crippen LogP contribution in [0.3, 0.4) is 0 Å². The van der Waals surface area contributed by atoms with E-state index in [9.17, 15) is 14.4 Å². The zero-order valence-electron chi connectivity index (χ0n) is 15.8. The number of benzene rings is 2. The Morgan fingerprint density at radius 1 is 1.11 bits per heavy atom. The first-order chi connectivity index (χ1) is 13.4. The molecule has 4 amide bonds. The molecule has 0 spiro atoms. The van der Waals surface area contributed by atoms with Crippen molar-refractivity contribution >= 4 is 17.8 Å². The standard InChI is InChI=1S/C22H21N3O3/c1-16-10-12-18(13-11-16)22(2)20(27)25(21(28)24-22)15-19(26)23-14-6-9-17-7-4-3-5-8-17/h3-5,7-8,10-13H,14-15H2,1-2H3,(H,23,26)(H,24,28). The molecule has 6 nitrogen and oxygen atoms in total. The Hall–Kier alpha value is -3.59. The fourth-order valence-corrected chi connectivity index (χ4v) is 2.93. The average molecular weight is 375 g/mol. The summed E-state index contributed by atoms with van der Waals surface area (Å²) in [7, 11) is 0. The molecule has 3 rings (SSSR count). The van der Waals surface area contributed by atoms with Crippen LogP contribution in [0.1, 0.15) is 23.6 Å². The molecular weight excluding hydrogens is 354 g/mol. The van der Waals surface area contributed by atoms with Crippen molar-refractivity contribution in [2.45, 2.75) is 19.4 Å². The molecule has 142 valence electrons. The monoisotopic (exact) mass is 375 g/mol. The lowest BCUT2D eigenvalue weighted by atomic mass is 9.91. The van der Waals surface area contributed by atoms with Crippen molar-refractivity contribution in [3.8, 4) is 11.8 Å². The Labute approximate surface area is 163 Å². The first kappa shape index (κ1) is 19.2. The van der Waals surface area contributed by atoms with Gasteiger partial charge in [0, 0.05) is 5.56 Å². The van der Waals surface area contributed by atoms with E-state index in [0.717, 1.165) is 16.0 Å². The Morgan fingerprint density at radius 2 is 1.79 bits per heavy atom. The second kappa shape index (κ2) is 7.97. The van der Waals surface area contributed by atoms with Crippen molar-refractivity contribution in [2.75, 3.05) is 13.1 Å². The van der Waals surface area contributed by atoms with E-state index in [1.807, 2.05) is 49.4 Å². The molecule has 1 aliphatic heterocycles. The maximum atomic E-state index is 12.8. The highest BCUT2D eigenvalue weighted by Gasteiger charge is 2.49. The summed E-state index contributed by atoms with van der Waals surface area (Å²) >= 11 is 0. The van der Waals surface area contributed by atoms with Gasteiger partial charge in [-0.1, -0.05) is 59.9 Å². The van der Waals surface area contributed by atoms with Crippen LogP contribution in [-0.2, 0) is 15.1 Å². The average Bonchev–Trinajstić information content (AvgIpc) is 2.90. The molecule has 2 N–H and O–H groups in total. The van der Waals surface area contributed by atoms with E-state index < -0.39 is 23.4 Å². The minimum Gasteiger partial charge on any atom is -0.344 e. The fraction of sp³-hybridized carbons (Fsp3) is 0.227. The van der Waals surface area contributed by atoms with Crippen molar-refractivity contribution in [2.24, 2.45) is 0 Å². The summed E-state index contributed by atoms with van der Waals surface area (Å²) in [4.78, 5) is 38.2. The number of rotatable bonds is 4. The van der Waals surface area contributed by atoms with Crippen molar-refractivity contribution in [1.82, 2.24) is 15.5 Å². The van der Waals surface area contributed by atoms with Crippen LogP contribution in [0.2, 0.25) is 0 Å². The van der Waals surface area contributed by atoms with Gasteiger partial charge in [0.1, 0.15) is 12.1 Å². The van der Waals surface area contributed by atoms with Gasteiger partial charge in [-0.2, -0.15) is 0 Å². The quantitative estimate of drug-likeness (QED) is 0.633. The minimum absolute atomic E-state index is 0.132. The third-order valence-electron chi connectivity index (χ3n) is 4.59. The number of aryl methyl sites for hydroxylation is 1. The minimum atomic E-state index is -1.18. The van der Waals surface area contributed by atoms with E-state index in [2.05, 4.69) is 22.5 Å². The van der Waals surface area contributed by atoms with Crippen molar-refractivity contribution in [3.05, 3.63) is 71.3 Å². The number of nitrogens with one attached hydrogen (secondary N) is 2. The third kappa shape index (κ3) is 4.04. The molecule has 0 aromatic heterocycles. The topological polar surface area (TPSA) is 78.5 Å². The van der Waals surface area contributed by atoms with Gasteiger partial charge < -0.3 is 10.6 Å². The number of carbonyl (C=O) groups excluding carboxylic acids is 3. The number of amides is 4. The summed E-state index contributed by atoms with van der Waals surface area (Å²) in [6.45, 7) is 3.37. The van der Waals surface area contributed by atoms with E-state index in [4.69, 9.17) is 0 Å². The van der Waals surface area contributed by atoms with Crippen LogP contribution in [0.5, 0.6) is 0 Å². The van der Waals surface area contributed by atoms with Gasteiger partial charge in [0.15, 0.2) is 0 Å². The summed E-state index contributed by atoms with van der Waals surface area (Å²) in [6.07, 6.45) is 0. The van der Waals surface area contributed by atoms with Crippen molar-refractivity contribution in [3.63, 3.8) is 0 Å². The normalized spacial score (nSPS) is 18.3. The van der Waals surface area contributed by atoms with E-state index in [1.54, 1.807) is 19.1 Å². The molecule has 1 fully saturated rings. The number of hydrogen-bond donors (Lipinski definition) is 2. The summed E-state index contributed by atoms with van der Waals surface area (Å²) in [5, 5.41) is 5.30. The molecule has 1 unspecified atom stereocenters. The van der Waals surface area contributed by atoms with Gasteiger partial charge in [0.25, 0.3) is 5.91 Å². The Kier molecular flexibility index (Phi) is 5.46. The van der Waals surface area contributed by atoms with E-state index in [1.165, 1.54) is 0 Å². The summed E-state index contributed by atoms with van der Waals surface area (Å²) < 4.78 is 0. The highest BCUT2D eigenvalue weighted by atomic mass is 16.2. The third-order valence-corrected chi connectivity index (χ3v) is 4.59. The SMILES string of the molecule is Cc1ccc(C2(C)NC(=O)N(CC(=O)NCC#Cc3ccccc3)C2=O)cc1. The first-order valence-corrected chi connectivity index (χ1v) is 8.92. The van der Waals surface area contributed by atoms with Gasteiger partial charge in [-0.25, -0.2) is 4.79 Å². The van der Waals surface area contributed by atoms with Crippen LogP contribution in [0.4, 0.5) is 4.79 Å². The van der Waals surface area contributed by atoms with Gasteiger partial charge in [-0.05, 0) is 31.5 Å². The summed E-state index contributed by atoms with van der Waals surface area (Å²) in [5.74, 6) is 4.87. The van der Waals surface area contributed by atoms with Gasteiger partial charge in [0.2, 0.25) is 5.91 Å². The molecule has 2 aromatic rings. The molecule has 0 aliphatic carbocycles. The molecule has 28 heavy (non-hydrogen) atoms. The molecule has 0 radical (unpaired) electrons. The first-order valence-electron chi connectivity index (χ1n) is 8.92. The Balaban J connectivity index is 1.60. The molecule has 1 saturated heterocycles. The second-order valence-electron chi connectivity index (χ2n) is 6.76. The molecular formula is C22H21N3O3. The van der Waals surface area contributed by atoms with E-state index >= 15 is 0 Å². The van der Waals surface area contributed by atoms with Crippen LogP contribution in [-0.4, -0.2) is 35.8 Å². The van der Waals surface area contributed by atoms with Crippen LogP contribution in [0.15, 0.2) is 54.6 Å². The van der Waals surface area contributed by atoms with Crippen LogP contribution < -0.4 is 10.6 Å². The highest BCUT2D eigenvalue weighted by Crippen LogP contribution is 2.28. The van der Waals surface area contributed by atoms with Gasteiger partial charge >= 0.3 is 6.03 Å². The van der Waals surface area contributed by atoms with Crippen molar-refractivity contribution in [1.29, 1.82) is 0 Å². The van der Waals surface area contributed by atoms with Crippen LogP contribution in [0, 0.1) is 18.8 Å². The zero-order chi connectivity index (χ0) is 20.1. The number of nitrogens with zero attached hydrogens (tertiary/aromatic N) is 1. The fourth-order valence-electron chi connectivity index (χ4n) is 2.93. The van der Waals surface area contributed by atoms with Crippen molar-refractivity contribution < 1.29 is 14.4 Å². The highest BCUT2D eigenvalue weighted by molar-refractivity contribution is 6.09. The maximum Gasteiger partial charge on any atom is 0.325 e. The molecule has 2 aromatic carbocycles. The van der Waals surface area contributed by atoms with Gasteiger partial charge in [-0.3, -0.25) is 14.5 Å². The van der Waals surface area contributed by atoms with Crippen LogP contribution in [0.25, 0.3) is 0 Å². The van der Waals surface area contributed by atoms with Gasteiger partial charge in [-0.15, -0.1) is 0 Å². The molecule has 1 aliphatic rings. The Bertz CT molecular complexity index is 958. The largest absolute Gasteiger partial charge is 0.344 e. The lowest BCUT2D eigenvalue weighted by Gasteiger charge is -2.22. The van der Waals surface area contributed by atoms with Crippen LogP contribution >= 0.6 is 0 Å². The second-order valence-corrected chi connectivity index (χ2v) is 6.76. The number of hydrogen-bond acceptors (Lipinski definition) is 3. The number of urea groups is 1. The molecule has 1 atom stereocenters. The number of carbonyl (C=O) groups is 3. The predicted octanol–water partition coefficient (Wildman–Crippen LogP) is 1.93. The van der Waals surface area contributed by atoms with E-state index in [0.29, 0.717) is 5.56 Å². The number of imide groups is 1. The molecule has 1 heterocycles. The van der Waals surface area contributed by atoms with Gasteiger partial charge in [0.05, 0.1) is 6.54 Å². The smallest absolute Gasteiger partial charge is 0.325 e. The Morgan fingerprint density at radius 3 is 2.46 bits per heavy atom.